The van der Waals surface area contributed by atoms with Crippen LogP contribution in [0.15, 0.2) is 36.4 Å². The second kappa shape index (κ2) is 5.93. The maximum atomic E-state index is 12.1. The van der Waals surface area contributed by atoms with Gasteiger partial charge in [-0.25, -0.2) is 10.2 Å². The number of fused-ring (bicyclic) bond motifs is 3. The molecule has 1 heterocycles. The van der Waals surface area contributed by atoms with Gasteiger partial charge in [0, 0.05) is 18.3 Å². The Bertz CT molecular complexity index is 739. The maximum Gasteiger partial charge on any atom is 0.426 e. The number of nitrogens with zero attached hydrogens (tertiary/aromatic N) is 1. The van der Waals surface area contributed by atoms with Gasteiger partial charge in [-0.15, -0.1) is 11.6 Å². The van der Waals surface area contributed by atoms with Crippen LogP contribution in [0.1, 0.15) is 32.3 Å². The number of halogens is 1. The first-order chi connectivity index (χ1) is 10.9. The Balaban J connectivity index is 1.93. The molecule has 122 valence electrons. The van der Waals surface area contributed by atoms with Gasteiger partial charge in [0.25, 0.3) is 0 Å². The summed E-state index contributed by atoms with van der Waals surface area (Å²) in [7, 11) is 0. The molecule has 0 radical (unpaired) electrons. The Morgan fingerprint density at radius 2 is 2.04 bits per heavy atom. The number of hydrogen-bond acceptors (Lipinski definition) is 3. The van der Waals surface area contributed by atoms with Crippen molar-refractivity contribution in [3.05, 3.63) is 42.0 Å². The van der Waals surface area contributed by atoms with Crippen molar-refractivity contribution in [3.8, 4) is 0 Å². The molecule has 1 N–H and O–H groups in total. The van der Waals surface area contributed by atoms with Gasteiger partial charge in [0.2, 0.25) is 0 Å². The summed E-state index contributed by atoms with van der Waals surface area (Å²) in [5, 5.41) is 4.20. The highest BCUT2D eigenvalue weighted by molar-refractivity contribution is 6.18. The highest BCUT2D eigenvalue weighted by Crippen LogP contribution is 2.40. The number of amides is 1. The fourth-order valence-corrected chi connectivity index (χ4v) is 3.25. The number of anilines is 1. The van der Waals surface area contributed by atoms with Gasteiger partial charge in [0.1, 0.15) is 5.60 Å². The third-order valence-corrected chi connectivity index (χ3v) is 4.23. The number of carbonyl (C=O) groups excluding carboxylic acids is 1. The van der Waals surface area contributed by atoms with E-state index in [9.17, 15) is 4.79 Å². The molecule has 0 fully saturated rings. The van der Waals surface area contributed by atoms with E-state index < -0.39 is 11.7 Å². The first-order valence-corrected chi connectivity index (χ1v) is 8.27. The Morgan fingerprint density at radius 1 is 1.30 bits per heavy atom. The monoisotopic (exact) mass is 332 g/mol. The molecule has 2 aromatic rings. The van der Waals surface area contributed by atoms with Crippen molar-refractivity contribution in [2.75, 3.05) is 17.4 Å². The van der Waals surface area contributed by atoms with Crippen LogP contribution in [-0.4, -0.2) is 24.1 Å². The molecule has 2 aromatic carbocycles. The van der Waals surface area contributed by atoms with E-state index in [1.54, 1.807) is 0 Å². The summed E-state index contributed by atoms with van der Waals surface area (Å²) in [6.07, 6.45) is -0.452. The molecule has 4 nitrogen and oxygen atoms in total. The van der Waals surface area contributed by atoms with E-state index in [1.165, 1.54) is 16.3 Å². The third kappa shape index (κ3) is 3.22. The minimum absolute atomic E-state index is 0.174. The molecular weight excluding hydrogens is 312 g/mol. The van der Waals surface area contributed by atoms with Gasteiger partial charge in [0.05, 0.1) is 5.69 Å². The molecule has 1 aliphatic rings. The zero-order valence-corrected chi connectivity index (χ0v) is 14.4. The number of hydrazine groups is 1. The molecule has 1 atom stereocenters. The van der Waals surface area contributed by atoms with Crippen molar-refractivity contribution in [3.63, 3.8) is 0 Å². The fraction of sp³-hybridized carbons (Fsp3) is 0.389. The van der Waals surface area contributed by atoms with Gasteiger partial charge in [-0.3, -0.25) is 5.01 Å². The molecule has 0 aliphatic carbocycles. The molecule has 0 spiro atoms. The van der Waals surface area contributed by atoms with Crippen molar-refractivity contribution < 1.29 is 9.53 Å². The smallest absolute Gasteiger partial charge is 0.426 e. The standard InChI is InChI=1S/C18H21ClN2O2/c1-18(2,3)23-17(22)20-21-11-13(10-19)16-14-7-5-4-6-12(14)8-9-15(16)21/h4-9,13H,10-11H2,1-3H3,(H,20,22). The Labute approximate surface area is 141 Å². The van der Waals surface area contributed by atoms with E-state index in [2.05, 4.69) is 23.6 Å². The SMILES string of the molecule is CC(C)(C)OC(=O)NN1CC(CCl)c2c1ccc1ccccc21. The number of hydrogen-bond donors (Lipinski definition) is 1. The van der Waals surface area contributed by atoms with Crippen LogP contribution in [0.3, 0.4) is 0 Å². The van der Waals surface area contributed by atoms with Gasteiger partial charge in [-0.05, 0) is 43.2 Å². The quantitative estimate of drug-likeness (QED) is 0.828. The predicted octanol–water partition coefficient (Wildman–Crippen LogP) is 4.42. The number of alkyl halides is 1. The summed E-state index contributed by atoms with van der Waals surface area (Å²) in [6, 6.07) is 12.3. The van der Waals surface area contributed by atoms with E-state index in [0.717, 1.165) is 5.69 Å². The lowest BCUT2D eigenvalue weighted by Gasteiger charge is -2.25. The van der Waals surface area contributed by atoms with E-state index in [1.807, 2.05) is 44.0 Å². The maximum absolute atomic E-state index is 12.1. The molecule has 0 saturated heterocycles. The Morgan fingerprint density at radius 3 is 2.74 bits per heavy atom. The summed E-state index contributed by atoms with van der Waals surface area (Å²) in [5.74, 6) is 0.681. The number of carbonyl (C=O) groups is 1. The van der Waals surface area contributed by atoms with Gasteiger partial charge in [-0.2, -0.15) is 0 Å². The van der Waals surface area contributed by atoms with Crippen molar-refractivity contribution in [1.82, 2.24) is 5.43 Å². The average Bonchev–Trinajstić information content (AvgIpc) is 2.83. The molecule has 1 unspecified atom stereocenters. The predicted molar refractivity (Wildman–Crippen MR) is 94.1 cm³/mol. The molecule has 0 aromatic heterocycles. The van der Waals surface area contributed by atoms with Crippen molar-refractivity contribution in [2.24, 2.45) is 0 Å². The lowest BCUT2D eigenvalue weighted by atomic mass is 9.96. The molecule has 0 saturated carbocycles. The number of rotatable bonds is 2. The summed E-state index contributed by atoms with van der Waals surface area (Å²) >= 11 is 6.17. The minimum atomic E-state index is -0.526. The number of nitrogens with one attached hydrogen (secondary N) is 1. The largest absolute Gasteiger partial charge is 0.443 e. The zero-order valence-electron chi connectivity index (χ0n) is 13.6. The molecule has 1 amide bonds. The van der Waals surface area contributed by atoms with E-state index >= 15 is 0 Å². The summed E-state index contributed by atoms with van der Waals surface area (Å²) in [4.78, 5) is 12.1. The lowest BCUT2D eigenvalue weighted by molar-refractivity contribution is 0.0522. The van der Waals surface area contributed by atoms with Crippen molar-refractivity contribution in [2.45, 2.75) is 32.3 Å². The highest BCUT2D eigenvalue weighted by Gasteiger charge is 2.31. The fourth-order valence-electron chi connectivity index (χ4n) is 3.00. The van der Waals surface area contributed by atoms with Crippen LogP contribution >= 0.6 is 11.6 Å². The minimum Gasteiger partial charge on any atom is -0.443 e. The van der Waals surface area contributed by atoms with Crippen LogP contribution in [0, 0.1) is 0 Å². The van der Waals surface area contributed by atoms with E-state index in [4.69, 9.17) is 16.3 Å². The summed E-state index contributed by atoms with van der Waals surface area (Å²) in [5.41, 5.74) is 4.48. The third-order valence-electron chi connectivity index (χ3n) is 3.86. The molecular formula is C18H21ClN2O2. The van der Waals surface area contributed by atoms with Gasteiger partial charge in [-0.1, -0.05) is 30.3 Å². The summed E-state index contributed by atoms with van der Waals surface area (Å²) in [6.45, 7) is 6.19. The molecule has 5 heteroatoms. The highest BCUT2D eigenvalue weighted by atomic mass is 35.5. The van der Waals surface area contributed by atoms with Crippen molar-refractivity contribution >= 4 is 34.2 Å². The molecule has 23 heavy (non-hydrogen) atoms. The van der Waals surface area contributed by atoms with Crippen LogP contribution in [-0.2, 0) is 4.74 Å². The van der Waals surface area contributed by atoms with Crippen molar-refractivity contribution in [1.29, 1.82) is 0 Å². The molecule has 1 aliphatic heterocycles. The summed E-state index contributed by atoms with van der Waals surface area (Å²) < 4.78 is 5.35. The second-order valence-corrected chi connectivity index (χ2v) is 7.10. The second-order valence-electron chi connectivity index (χ2n) is 6.80. The molecule has 0 bridgehead atoms. The van der Waals surface area contributed by atoms with Crippen LogP contribution in [0.5, 0.6) is 0 Å². The number of benzene rings is 2. The number of ether oxygens (including phenoxy) is 1. The van der Waals surface area contributed by atoms with Gasteiger partial charge in [0.15, 0.2) is 0 Å². The van der Waals surface area contributed by atoms with E-state index in [0.29, 0.717) is 12.4 Å². The Kier molecular flexibility index (Phi) is 4.11. The Hall–Kier alpha value is -1.94. The first-order valence-electron chi connectivity index (χ1n) is 7.74. The normalized spacial score (nSPS) is 17.2. The zero-order chi connectivity index (χ0) is 16.6. The van der Waals surface area contributed by atoms with Crippen LogP contribution < -0.4 is 10.4 Å². The van der Waals surface area contributed by atoms with Gasteiger partial charge >= 0.3 is 6.09 Å². The van der Waals surface area contributed by atoms with Crippen LogP contribution in [0.4, 0.5) is 10.5 Å². The molecule has 3 rings (SSSR count). The van der Waals surface area contributed by atoms with Crippen LogP contribution in [0.2, 0.25) is 0 Å². The topological polar surface area (TPSA) is 41.6 Å². The van der Waals surface area contributed by atoms with Gasteiger partial charge < -0.3 is 4.74 Å². The average molecular weight is 333 g/mol. The van der Waals surface area contributed by atoms with E-state index in [-0.39, 0.29) is 5.92 Å². The first kappa shape index (κ1) is 15.9. The van der Waals surface area contributed by atoms with Crippen LogP contribution in [0.25, 0.3) is 10.8 Å². The lowest BCUT2D eigenvalue weighted by Crippen LogP contribution is -2.44.